The second kappa shape index (κ2) is 4.12. The predicted molar refractivity (Wildman–Crippen MR) is 61.4 cm³/mol. The maximum atomic E-state index is 11.9. The highest BCUT2D eigenvalue weighted by molar-refractivity contribution is 7.09. The number of aromatic nitrogens is 1. The van der Waals surface area contributed by atoms with E-state index >= 15 is 0 Å². The van der Waals surface area contributed by atoms with Gasteiger partial charge < -0.3 is 15.7 Å². The van der Waals surface area contributed by atoms with Crippen molar-refractivity contribution in [2.45, 2.75) is 18.9 Å². The number of thiazole rings is 1. The summed E-state index contributed by atoms with van der Waals surface area (Å²) < 4.78 is 0. The Kier molecular flexibility index (Phi) is 2.96. The standard InChI is InChI=1S/C10H15N3O2S/c1-10(15)5-13(6-10)9(14)7-4-16-8(12-7)2-3-11/h4,15H,2-3,5-6,11H2,1H3. The maximum Gasteiger partial charge on any atom is 0.273 e. The number of carbonyl (C=O) groups excluding carboxylic acids is 1. The van der Waals surface area contributed by atoms with Gasteiger partial charge in [0.1, 0.15) is 5.69 Å². The average molecular weight is 241 g/mol. The van der Waals surface area contributed by atoms with Crippen LogP contribution < -0.4 is 5.73 Å². The van der Waals surface area contributed by atoms with Crippen LogP contribution >= 0.6 is 11.3 Å². The number of hydrogen-bond donors (Lipinski definition) is 2. The van der Waals surface area contributed by atoms with Crippen molar-refractivity contribution >= 4 is 17.2 Å². The molecule has 6 heteroatoms. The largest absolute Gasteiger partial charge is 0.386 e. The van der Waals surface area contributed by atoms with Gasteiger partial charge in [-0.15, -0.1) is 11.3 Å². The summed E-state index contributed by atoms with van der Waals surface area (Å²) in [7, 11) is 0. The molecule has 2 heterocycles. The van der Waals surface area contributed by atoms with Crippen molar-refractivity contribution in [3.05, 3.63) is 16.1 Å². The van der Waals surface area contributed by atoms with Gasteiger partial charge in [0.05, 0.1) is 23.7 Å². The third-order valence-corrected chi connectivity index (χ3v) is 3.39. The van der Waals surface area contributed by atoms with E-state index in [0.29, 0.717) is 31.7 Å². The van der Waals surface area contributed by atoms with Crippen LogP contribution in [0.15, 0.2) is 5.38 Å². The number of rotatable bonds is 3. The summed E-state index contributed by atoms with van der Waals surface area (Å²) >= 11 is 1.45. The normalized spacial score (nSPS) is 18.3. The summed E-state index contributed by atoms with van der Waals surface area (Å²) in [5.41, 5.74) is 5.15. The molecule has 1 aromatic rings. The van der Waals surface area contributed by atoms with E-state index in [2.05, 4.69) is 4.98 Å². The second-order valence-electron chi connectivity index (χ2n) is 4.32. The molecule has 16 heavy (non-hydrogen) atoms. The lowest BCUT2D eigenvalue weighted by Crippen LogP contribution is -2.61. The molecule has 2 rings (SSSR count). The molecule has 0 saturated carbocycles. The number of nitrogens with zero attached hydrogens (tertiary/aromatic N) is 2. The van der Waals surface area contributed by atoms with Gasteiger partial charge >= 0.3 is 0 Å². The number of nitrogens with two attached hydrogens (primary N) is 1. The monoisotopic (exact) mass is 241 g/mol. The zero-order valence-electron chi connectivity index (χ0n) is 9.14. The minimum atomic E-state index is -0.730. The molecule has 0 atom stereocenters. The SMILES string of the molecule is CC1(O)CN(C(=O)c2csc(CCN)n2)C1. The molecule has 0 aromatic carbocycles. The quantitative estimate of drug-likeness (QED) is 0.771. The van der Waals surface area contributed by atoms with Gasteiger partial charge in [-0.3, -0.25) is 4.79 Å². The first kappa shape index (κ1) is 11.5. The van der Waals surface area contributed by atoms with Crippen molar-refractivity contribution in [1.82, 2.24) is 9.88 Å². The first-order valence-electron chi connectivity index (χ1n) is 5.18. The first-order valence-corrected chi connectivity index (χ1v) is 6.06. The molecule has 0 spiro atoms. The summed E-state index contributed by atoms with van der Waals surface area (Å²) in [6, 6.07) is 0. The Morgan fingerprint density at radius 1 is 1.75 bits per heavy atom. The van der Waals surface area contributed by atoms with Gasteiger partial charge in [0.15, 0.2) is 0 Å². The Hall–Kier alpha value is -0.980. The van der Waals surface area contributed by atoms with Crippen LogP contribution in [0, 0.1) is 0 Å². The van der Waals surface area contributed by atoms with Gasteiger partial charge in [0.2, 0.25) is 0 Å². The Balaban J connectivity index is 1.99. The van der Waals surface area contributed by atoms with E-state index in [9.17, 15) is 9.90 Å². The molecule has 1 saturated heterocycles. The summed E-state index contributed by atoms with van der Waals surface area (Å²) in [6.45, 7) is 3.03. The second-order valence-corrected chi connectivity index (χ2v) is 5.27. The van der Waals surface area contributed by atoms with E-state index in [1.807, 2.05) is 0 Å². The molecular weight excluding hydrogens is 226 g/mol. The Labute approximate surface area is 97.9 Å². The fourth-order valence-electron chi connectivity index (χ4n) is 1.73. The van der Waals surface area contributed by atoms with E-state index < -0.39 is 5.60 Å². The molecule has 0 unspecified atom stereocenters. The fraction of sp³-hybridized carbons (Fsp3) is 0.600. The molecule has 1 amide bonds. The molecule has 1 aromatic heterocycles. The van der Waals surface area contributed by atoms with Crippen LogP contribution in [0.25, 0.3) is 0 Å². The molecule has 1 fully saturated rings. The van der Waals surface area contributed by atoms with Crippen LogP contribution in [0.4, 0.5) is 0 Å². The average Bonchev–Trinajstić information content (AvgIpc) is 2.62. The van der Waals surface area contributed by atoms with Gasteiger partial charge in [-0.2, -0.15) is 0 Å². The number of amides is 1. The lowest BCUT2D eigenvalue weighted by atomic mass is 9.97. The maximum absolute atomic E-state index is 11.9. The summed E-state index contributed by atoms with van der Waals surface area (Å²) in [5, 5.41) is 12.2. The number of aliphatic hydroxyl groups is 1. The van der Waals surface area contributed by atoms with Gasteiger partial charge in [0.25, 0.3) is 5.91 Å². The smallest absolute Gasteiger partial charge is 0.273 e. The van der Waals surface area contributed by atoms with Crippen molar-refractivity contribution in [1.29, 1.82) is 0 Å². The lowest BCUT2D eigenvalue weighted by Gasteiger charge is -2.43. The number of carbonyl (C=O) groups is 1. The Morgan fingerprint density at radius 3 is 3.00 bits per heavy atom. The van der Waals surface area contributed by atoms with Crippen LogP contribution in [0.3, 0.4) is 0 Å². The van der Waals surface area contributed by atoms with Gasteiger partial charge in [-0.05, 0) is 13.5 Å². The van der Waals surface area contributed by atoms with Crippen LogP contribution in [0.5, 0.6) is 0 Å². The molecule has 1 aliphatic heterocycles. The molecule has 0 bridgehead atoms. The van der Waals surface area contributed by atoms with Crippen LogP contribution in [-0.2, 0) is 6.42 Å². The highest BCUT2D eigenvalue weighted by atomic mass is 32.1. The van der Waals surface area contributed by atoms with E-state index in [-0.39, 0.29) is 5.91 Å². The van der Waals surface area contributed by atoms with Gasteiger partial charge in [0, 0.05) is 11.8 Å². The van der Waals surface area contributed by atoms with Crippen LogP contribution in [-0.4, -0.2) is 46.1 Å². The lowest BCUT2D eigenvalue weighted by molar-refractivity contribution is -0.0670. The van der Waals surface area contributed by atoms with E-state index in [1.165, 1.54) is 11.3 Å². The molecule has 0 radical (unpaired) electrons. The molecular formula is C10H15N3O2S. The zero-order chi connectivity index (χ0) is 11.8. The minimum Gasteiger partial charge on any atom is -0.386 e. The van der Waals surface area contributed by atoms with Crippen molar-refractivity contribution in [2.75, 3.05) is 19.6 Å². The van der Waals surface area contributed by atoms with Crippen LogP contribution in [0.2, 0.25) is 0 Å². The molecule has 88 valence electrons. The highest BCUT2D eigenvalue weighted by Crippen LogP contribution is 2.22. The van der Waals surface area contributed by atoms with E-state index in [4.69, 9.17) is 5.73 Å². The highest BCUT2D eigenvalue weighted by Gasteiger charge is 2.40. The molecule has 0 aliphatic carbocycles. The van der Waals surface area contributed by atoms with Crippen LogP contribution in [0.1, 0.15) is 22.4 Å². The molecule has 5 nitrogen and oxygen atoms in total. The van der Waals surface area contributed by atoms with Crippen molar-refractivity contribution < 1.29 is 9.90 Å². The Morgan fingerprint density at radius 2 is 2.44 bits per heavy atom. The van der Waals surface area contributed by atoms with E-state index in [1.54, 1.807) is 17.2 Å². The van der Waals surface area contributed by atoms with Crippen molar-refractivity contribution in [2.24, 2.45) is 5.73 Å². The van der Waals surface area contributed by atoms with Crippen molar-refractivity contribution in [3.63, 3.8) is 0 Å². The third-order valence-electron chi connectivity index (χ3n) is 2.48. The van der Waals surface area contributed by atoms with Gasteiger partial charge in [-0.1, -0.05) is 0 Å². The summed E-state index contributed by atoms with van der Waals surface area (Å²) in [6.07, 6.45) is 0.704. The zero-order valence-corrected chi connectivity index (χ0v) is 9.96. The predicted octanol–water partition coefficient (Wildman–Crippen LogP) is -0.149. The Bertz CT molecular complexity index is 395. The summed E-state index contributed by atoms with van der Waals surface area (Å²) in [5.74, 6) is -0.106. The topological polar surface area (TPSA) is 79.5 Å². The van der Waals surface area contributed by atoms with Gasteiger partial charge in [-0.25, -0.2) is 4.98 Å². The number of hydrogen-bond acceptors (Lipinski definition) is 5. The number of β-amino-alcohol motifs (C(OH)–C–C–N with tert-alkyl or cyclic N) is 1. The minimum absolute atomic E-state index is 0.106. The first-order chi connectivity index (χ1) is 7.52. The molecule has 1 aliphatic rings. The van der Waals surface area contributed by atoms with Crippen molar-refractivity contribution in [3.8, 4) is 0 Å². The third kappa shape index (κ3) is 2.23. The fourth-order valence-corrected chi connectivity index (χ4v) is 2.52. The molecule has 3 N–H and O–H groups in total. The number of likely N-dealkylation sites (tertiary alicyclic amines) is 1. The summed E-state index contributed by atoms with van der Waals surface area (Å²) in [4.78, 5) is 17.7. The van der Waals surface area contributed by atoms with E-state index in [0.717, 1.165) is 5.01 Å².